The van der Waals surface area contributed by atoms with Gasteiger partial charge in [0.25, 0.3) is 0 Å². The molecule has 3 rings (SSSR count). The molecule has 27 N–H and O–H groups in total. The maximum Gasteiger partial charge on any atom is 0.326 e. The number of phenolic OH excluding ortho intramolecular Hbond substituents is 1. The first kappa shape index (κ1) is 83.7. The van der Waals surface area contributed by atoms with E-state index < -0.39 is 170 Å². The number of hydrogen-bond donors (Lipinski definition) is 20. The fourth-order valence-corrected chi connectivity index (χ4v) is 10.5. The monoisotopic (exact) mass is 1420 g/mol. The average Bonchev–Trinajstić information content (AvgIpc) is 1.65. The van der Waals surface area contributed by atoms with Gasteiger partial charge in [0.05, 0.1) is 25.7 Å². The summed E-state index contributed by atoms with van der Waals surface area (Å²) in [6.07, 6.45) is 1.11. The molecule has 1 aliphatic rings. The summed E-state index contributed by atoms with van der Waals surface area (Å²) in [4.78, 5) is 188. The lowest BCUT2D eigenvalue weighted by molar-refractivity contribution is -0.145. The van der Waals surface area contributed by atoms with Gasteiger partial charge in [0.2, 0.25) is 65.0 Å². The first-order valence-corrected chi connectivity index (χ1v) is 33.7. The highest BCUT2D eigenvalue weighted by atomic mass is 32.2. The summed E-state index contributed by atoms with van der Waals surface area (Å²) < 4.78 is 0. The third-order valence-corrected chi connectivity index (χ3v) is 15.9. The minimum absolute atomic E-state index is 0.0000752. The van der Waals surface area contributed by atoms with E-state index in [-0.39, 0.29) is 114 Å². The number of phenols is 1. The zero-order valence-electron chi connectivity index (χ0n) is 56.2. The van der Waals surface area contributed by atoms with Crippen molar-refractivity contribution in [3.05, 3.63) is 65.7 Å². The summed E-state index contributed by atoms with van der Waals surface area (Å²) in [6, 6.07) is 2.45. The Morgan fingerprint density at radius 3 is 1.51 bits per heavy atom. The number of aromatic hydroxyl groups is 1. The van der Waals surface area contributed by atoms with Crippen LogP contribution in [0.3, 0.4) is 0 Å². The van der Waals surface area contributed by atoms with Gasteiger partial charge in [-0.1, -0.05) is 56.3 Å². The Bertz CT molecular complexity index is 3190. The van der Waals surface area contributed by atoms with Crippen molar-refractivity contribution >= 4 is 107 Å². The highest BCUT2D eigenvalue weighted by molar-refractivity contribution is 7.98. The third-order valence-electron chi connectivity index (χ3n) is 15.3. The molecular formula is C62H97N21O16S. The Kier molecular flexibility index (Phi) is 37.2. The molecule has 2 aromatic carbocycles. The lowest BCUT2D eigenvalue weighted by atomic mass is 10.0. The highest BCUT2D eigenvalue weighted by Gasteiger charge is 2.40. The molecule has 552 valence electrons. The van der Waals surface area contributed by atoms with Crippen molar-refractivity contribution < 1.29 is 77.6 Å². The molecule has 0 bridgehead atoms. The first-order valence-electron chi connectivity index (χ1n) is 32.3. The lowest BCUT2D eigenvalue weighted by Crippen LogP contribution is -2.60. The van der Waals surface area contributed by atoms with Gasteiger partial charge >= 0.3 is 11.9 Å². The smallest absolute Gasteiger partial charge is 0.326 e. The second-order valence-corrected chi connectivity index (χ2v) is 24.7. The van der Waals surface area contributed by atoms with E-state index >= 15 is 0 Å². The number of likely N-dealkylation sites (tertiary alicyclic amines) is 1. The van der Waals surface area contributed by atoms with Gasteiger partial charge in [-0.05, 0) is 112 Å². The standard InChI is InChI=1S/C62H97N21O16S/c1-34(2)50(57(96)75-33-48(87)76-42(15-9-26-72-62(68)69)58(97)83-27-10-16-45(83)56(95)81-43(59(98)99)21-22-49(88)89)82-54(93)40(14-8-25-71-61(66)67)79-52(91)39(13-7-24-70-60(64)65)78-53(92)41(23-28-100-3)80-55(94)44(30-35-11-5-4-6-12-35)77-47(86)32-73-46(85)31-74-51(90)38(63)29-36-17-19-37(84)20-18-36/h4-6,11-12,17-20,34,38-45,50,84H,7-10,13-16,21-33,63H2,1-3H3,(H,73,85)(H,74,90)(H,75,96)(H,76,87)(H,77,86)(H,78,92)(H,79,91)(H,80,94)(H,81,95)(H,82,93)(H,88,89)(H,98,99)(H4,64,65,70)(H4,66,67,71)(H4,68,69,72)/t38-,39-,40-,41-,42-,43-,44+,45-,50-/m0/s1. The van der Waals surface area contributed by atoms with Gasteiger partial charge in [0.15, 0.2) is 17.9 Å². The van der Waals surface area contributed by atoms with Crippen molar-refractivity contribution in [2.45, 2.75) is 152 Å². The number of nitrogens with one attached hydrogen (secondary N) is 10. The van der Waals surface area contributed by atoms with Crippen LogP contribution in [0.1, 0.15) is 95.6 Å². The summed E-state index contributed by atoms with van der Waals surface area (Å²) >= 11 is 1.33. The number of amides is 11. The molecule has 2 aromatic rings. The zero-order valence-corrected chi connectivity index (χ0v) is 57.0. The maximum atomic E-state index is 14.6. The fourth-order valence-electron chi connectivity index (χ4n) is 10.1. The van der Waals surface area contributed by atoms with Crippen LogP contribution in [0.5, 0.6) is 5.75 Å². The number of rotatable bonds is 45. The molecule has 37 nitrogen and oxygen atoms in total. The lowest BCUT2D eigenvalue weighted by Gasteiger charge is -2.29. The van der Waals surface area contributed by atoms with Crippen molar-refractivity contribution in [1.82, 2.24) is 58.1 Å². The molecular weight excluding hydrogens is 1330 g/mol. The minimum Gasteiger partial charge on any atom is -0.508 e. The summed E-state index contributed by atoms with van der Waals surface area (Å²) in [5.41, 5.74) is 40.5. The molecule has 0 spiro atoms. The van der Waals surface area contributed by atoms with E-state index in [1.54, 1.807) is 62.6 Å². The van der Waals surface area contributed by atoms with Crippen LogP contribution >= 0.6 is 11.8 Å². The van der Waals surface area contributed by atoms with E-state index in [2.05, 4.69) is 68.1 Å². The number of thioether (sulfide) groups is 1. The Morgan fingerprint density at radius 1 is 0.530 bits per heavy atom. The molecule has 11 amide bonds. The summed E-state index contributed by atoms with van der Waals surface area (Å²) in [5, 5.41) is 53.7. The second-order valence-electron chi connectivity index (χ2n) is 23.7. The van der Waals surface area contributed by atoms with Crippen LogP contribution in [0.4, 0.5) is 0 Å². The maximum absolute atomic E-state index is 14.6. The molecule has 1 heterocycles. The van der Waals surface area contributed by atoms with Crippen molar-refractivity contribution in [3.63, 3.8) is 0 Å². The number of nitrogens with zero attached hydrogens (tertiary/aromatic N) is 4. The number of hydrogen-bond acceptors (Lipinski definition) is 19. The number of carboxylic acid groups (broad SMARTS) is 2. The van der Waals surface area contributed by atoms with E-state index in [1.807, 2.05) is 0 Å². The molecule has 38 heteroatoms. The molecule has 1 fully saturated rings. The molecule has 9 atom stereocenters. The molecule has 100 heavy (non-hydrogen) atoms. The SMILES string of the molecule is CSCC[C@H](NC(=O)[C@@H](Cc1ccccc1)NC(=O)CNC(=O)CNC(=O)[C@@H](N)Cc1ccc(O)cc1)C(=O)N[C@@H](CCCN=C(N)N)C(=O)N[C@@H](CCCN=C(N)N)C(=O)N[C@H](C(=O)NCC(=O)N[C@@H](CCCN=C(N)N)C(=O)N1CCC[C@H]1C(=O)N[C@@H](CCC(=O)O)C(=O)O)C(C)C. The normalized spacial score (nSPS) is 14.8. The van der Waals surface area contributed by atoms with Crippen molar-refractivity contribution in [3.8, 4) is 5.75 Å². The van der Waals surface area contributed by atoms with E-state index in [9.17, 15) is 72.5 Å². The summed E-state index contributed by atoms with van der Waals surface area (Å²) in [6.45, 7) is 1.23. The molecule has 0 aliphatic carbocycles. The van der Waals surface area contributed by atoms with Gasteiger partial charge < -0.3 is 114 Å². The molecule has 1 aliphatic heterocycles. The van der Waals surface area contributed by atoms with Gasteiger partial charge in [-0.15, -0.1) is 0 Å². The molecule has 0 unspecified atom stereocenters. The number of nitrogens with two attached hydrogens (primary N) is 7. The van der Waals surface area contributed by atoms with Crippen LogP contribution in [0, 0.1) is 5.92 Å². The van der Waals surface area contributed by atoms with Gasteiger partial charge in [-0.3, -0.25) is 72.5 Å². The minimum atomic E-state index is -1.58. The van der Waals surface area contributed by atoms with Gasteiger partial charge in [0, 0.05) is 39.0 Å². The predicted molar refractivity (Wildman–Crippen MR) is 369 cm³/mol. The number of aliphatic carboxylic acids is 2. The summed E-state index contributed by atoms with van der Waals surface area (Å²) in [7, 11) is 0. The van der Waals surface area contributed by atoms with Crippen LogP contribution in [0.2, 0.25) is 0 Å². The van der Waals surface area contributed by atoms with Gasteiger partial charge in [0.1, 0.15) is 54.1 Å². The largest absolute Gasteiger partial charge is 0.508 e. The van der Waals surface area contributed by atoms with Crippen molar-refractivity contribution in [2.24, 2.45) is 61.0 Å². The number of aliphatic imine (C=N–C) groups is 3. The van der Waals surface area contributed by atoms with Crippen LogP contribution in [0.25, 0.3) is 0 Å². The van der Waals surface area contributed by atoms with Crippen LogP contribution in [0.15, 0.2) is 69.6 Å². The molecule has 1 saturated heterocycles. The highest BCUT2D eigenvalue weighted by Crippen LogP contribution is 2.21. The van der Waals surface area contributed by atoms with Crippen LogP contribution in [-0.2, 0) is 75.2 Å². The first-order chi connectivity index (χ1) is 47.4. The van der Waals surface area contributed by atoms with Crippen molar-refractivity contribution in [2.75, 3.05) is 57.8 Å². The van der Waals surface area contributed by atoms with Crippen LogP contribution < -0.4 is 93.3 Å². The zero-order chi connectivity index (χ0) is 74.4. The Labute approximate surface area is 582 Å². The Balaban J connectivity index is 1.84. The quantitative estimate of drug-likeness (QED) is 0.0167. The summed E-state index contributed by atoms with van der Waals surface area (Å²) in [5.74, 6) is -13.0. The van der Waals surface area contributed by atoms with Gasteiger partial charge in [-0.2, -0.15) is 11.8 Å². The number of carbonyl (C=O) groups excluding carboxylic acids is 11. The van der Waals surface area contributed by atoms with Crippen molar-refractivity contribution in [1.29, 1.82) is 0 Å². The van der Waals surface area contributed by atoms with Gasteiger partial charge in [-0.25, -0.2) is 4.79 Å². The Hall–Kier alpha value is -10.5. The van der Waals surface area contributed by atoms with E-state index in [0.717, 1.165) is 4.90 Å². The number of benzene rings is 2. The Morgan fingerprint density at radius 2 is 1.00 bits per heavy atom. The molecule has 0 saturated carbocycles. The van der Waals surface area contributed by atoms with E-state index in [4.69, 9.17) is 45.2 Å². The third kappa shape index (κ3) is 32.2. The van der Waals surface area contributed by atoms with E-state index in [0.29, 0.717) is 23.3 Å². The number of guanidine groups is 3. The number of carbonyl (C=O) groups is 13. The molecule has 0 radical (unpaired) electrons. The average molecular weight is 1420 g/mol. The fraction of sp³-hybridized carbons (Fsp3) is 0.548. The number of carboxylic acids is 2. The topological polar surface area (TPSA) is 625 Å². The van der Waals surface area contributed by atoms with Crippen LogP contribution in [-0.4, -0.2) is 227 Å². The predicted octanol–water partition coefficient (Wildman–Crippen LogP) is -6.24. The second kappa shape index (κ2) is 44.4. The van der Waals surface area contributed by atoms with E-state index in [1.165, 1.54) is 23.9 Å². The molecule has 0 aromatic heterocycles.